The van der Waals surface area contributed by atoms with Crippen LogP contribution in [0.1, 0.15) is 21.8 Å². The van der Waals surface area contributed by atoms with Crippen LogP contribution in [0.2, 0.25) is 0 Å². The maximum absolute atomic E-state index is 13.3. The van der Waals surface area contributed by atoms with E-state index in [0.29, 0.717) is 11.1 Å². The lowest BCUT2D eigenvalue weighted by Crippen LogP contribution is -2.07. The van der Waals surface area contributed by atoms with Crippen molar-refractivity contribution < 1.29 is 36.7 Å². The number of esters is 1. The molecule has 3 aromatic rings. The van der Waals surface area contributed by atoms with Crippen LogP contribution in [0.4, 0.5) is 13.2 Å². The normalized spacial score (nSPS) is 10.8. The van der Waals surface area contributed by atoms with Crippen LogP contribution in [-0.2, 0) is 11.3 Å². The Morgan fingerprint density at radius 1 is 1.17 bits per heavy atom. The van der Waals surface area contributed by atoms with Crippen LogP contribution in [0.25, 0.3) is 11.4 Å². The second kappa shape index (κ2) is 8.63. The third kappa shape index (κ3) is 4.84. The number of hydrogen-bond donors (Lipinski definition) is 0. The summed E-state index contributed by atoms with van der Waals surface area (Å²) >= 11 is 0. The number of halogens is 3. The summed E-state index contributed by atoms with van der Waals surface area (Å²) < 4.78 is 57.6. The lowest BCUT2D eigenvalue weighted by molar-refractivity contribution is -0.0512. The van der Waals surface area contributed by atoms with Crippen molar-refractivity contribution in [1.29, 1.82) is 0 Å². The van der Waals surface area contributed by atoms with Crippen LogP contribution in [0, 0.1) is 12.7 Å². The molecule has 0 aliphatic carbocycles. The Morgan fingerprint density at radius 2 is 1.97 bits per heavy atom. The summed E-state index contributed by atoms with van der Waals surface area (Å²) in [6.07, 6.45) is 0. The van der Waals surface area contributed by atoms with Gasteiger partial charge in [0, 0.05) is 5.56 Å². The second-order valence-corrected chi connectivity index (χ2v) is 5.79. The van der Waals surface area contributed by atoms with Crippen molar-refractivity contribution in [2.45, 2.75) is 20.1 Å². The highest BCUT2D eigenvalue weighted by Crippen LogP contribution is 2.32. The summed E-state index contributed by atoms with van der Waals surface area (Å²) in [7, 11) is 1.30. The SMILES string of the molecule is COc1cc(-c2noc(COC(=O)c3cc(F)ccc3C)n2)ccc1OC(F)F. The molecule has 0 radical (unpaired) electrons. The summed E-state index contributed by atoms with van der Waals surface area (Å²) in [5.41, 5.74) is 1.05. The molecular formula is C19H15F3N2O5. The zero-order chi connectivity index (χ0) is 21.0. The fourth-order valence-electron chi connectivity index (χ4n) is 2.45. The van der Waals surface area contributed by atoms with Crippen molar-refractivity contribution in [2.24, 2.45) is 0 Å². The summed E-state index contributed by atoms with van der Waals surface area (Å²) in [5, 5.41) is 3.75. The van der Waals surface area contributed by atoms with Gasteiger partial charge in [-0.25, -0.2) is 9.18 Å². The molecule has 152 valence electrons. The summed E-state index contributed by atoms with van der Waals surface area (Å²) in [5.74, 6) is -1.27. The van der Waals surface area contributed by atoms with Gasteiger partial charge in [0.2, 0.25) is 5.82 Å². The summed E-state index contributed by atoms with van der Waals surface area (Å²) in [4.78, 5) is 16.2. The molecule has 29 heavy (non-hydrogen) atoms. The minimum absolute atomic E-state index is 0.00530. The van der Waals surface area contributed by atoms with Crippen LogP contribution < -0.4 is 9.47 Å². The standard InChI is InChI=1S/C19H15F3N2O5/c1-10-3-5-12(20)8-13(10)18(25)27-9-16-23-17(24-29-16)11-4-6-14(28-19(21)22)15(7-11)26-2/h3-8,19H,9H2,1-2H3. The quantitative estimate of drug-likeness (QED) is 0.543. The number of hydrogen-bond acceptors (Lipinski definition) is 7. The number of benzene rings is 2. The molecule has 0 aliphatic heterocycles. The molecular weight excluding hydrogens is 393 g/mol. The number of aryl methyl sites for hydroxylation is 1. The van der Waals surface area contributed by atoms with E-state index in [1.165, 1.54) is 37.4 Å². The average molecular weight is 408 g/mol. The Labute approximate surface area is 163 Å². The van der Waals surface area contributed by atoms with Gasteiger partial charge in [-0.2, -0.15) is 13.8 Å². The molecule has 0 saturated carbocycles. The molecule has 7 nitrogen and oxygen atoms in total. The van der Waals surface area contributed by atoms with Gasteiger partial charge < -0.3 is 18.7 Å². The third-order valence-corrected chi connectivity index (χ3v) is 3.85. The highest BCUT2D eigenvalue weighted by Gasteiger charge is 2.17. The van der Waals surface area contributed by atoms with E-state index in [0.717, 1.165) is 6.07 Å². The number of nitrogens with zero attached hydrogens (tertiary/aromatic N) is 2. The molecule has 0 spiro atoms. The van der Waals surface area contributed by atoms with Gasteiger partial charge in [-0.3, -0.25) is 0 Å². The van der Waals surface area contributed by atoms with Crippen LogP contribution in [0.15, 0.2) is 40.9 Å². The monoisotopic (exact) mass is 408 g/mol. The predicted octanol–water partition coefficient (Wildman–Crippen LogP) is 4.15. The molecule has 0 amide bonds. The van der Waals surface area contributed by atoms with Crippen LogP contribution in [-0.4, -0.2) is 29.8 Å². The maximum atomic E-state index is 13.3. The molecule has 1 heterocycles. The number of ether oxygens (including phenoxy) is 3. The lowest BCUT2D eigenvalue weighted by Gasteiger charge is -2.10. The Hall–Kier alpha value is -3.56. The van der Waals surface area contributed by atoms with Crippen molar-refractivity contribution in [3.8, 4) is 22.9 Å². The van der Waals surface area contributed by atoms with Crippen LogP contribution in [0.5, 0.6) is 11.5 Å². The number of alkyl halides is 2. The van der Waals surface area contributed by atoms with E-state index < -0.39 is 18.4 Å². The lowest BCUT2D eigenvalue weighted by atomic mass is 10.1. The van der Waals surface area contributed by atoms with Gasteiger partial charge in [0.15, 0.2) is 18.1 Å². The highest BCUT2D eigenvalue weighted by molar-refractivity contribution is 5.90. The van der Waals surface area contributed by atoms with Gasteiger partial charge in [0.25, 0.3) is 5.89 Å². The molecule has 0 bridgehead atoms. The van der Waals surface area contributed by atoms with Crippen molar-refractivity contribution in [3.05, 3.63) is 59.2 Å². The highest BCUT2D eigenvalue weighted by atomic mass is 19.3. The number of rotatable bonds is 7. The zero-order valence-corrected chi connectivity index (χ0v) is 15.3. The molecule has 0 unspecified atom stereocenters. The largest absolute Gasteiger partial charge is 0.493 e. The van der Waals surface area contributed by atoms with Gasteiger partial charge >= 0.3 is 12.6 Å². The van der Waals surface area contributed by atoms with E-state index in [1.807, 2.05) is 0 Å². The Balaban J connectivity index is 1.71. The predicted molar refractivity (Wildman–Crippen MR) is 93.2 cm³/mol. The smallest absolute Gasteiger partial charge is 0.387 e. The van der Waals surface area contributed by atoms with E-state index >= 15 is 0 Å². The molecule has 0 aliphatic rings. The molecule has 2 aromatic carbocycles. The maximum Gasteiger partial charge on any atom is 0.387 e. The first kappa shape index (κ1) is 20.2. The average Bonchev–Trinajstić information content (AvgIpc) is 3.17. The second-order valence-electron chi connectivity index (χ2n) is 5.79. The molecule has 3 rings (SSSR count). The van der Waals surface area contributed by atoms with Gasteiger partial charge in [-0.15, -0.1) is 0 Å². The molecule has 0 atom stereocenters. The van der Waals surface area contributed by atoms with Crippen molar-refractivity contribution in [3.63, 3.8) is 0 Å². The Bertz CT molecular complexity index is 1020. The fourth-order valence-corrected chi connectivity index (χ4v) is 2.45. The van der Waals surface area contributed by atoms with Gasteiger partial charge in [-0.1, -0.05) is 11.2 Å². The Kier molecular flexibility index (Phi) is 6.01. The van der Waals surface area contributed by atoms with E-state index in [9.17, 15) is 18.0 Å². The first-order chi connectivity index (χ1) is 13.9. The number of carbonyl (C=O) groups excluding carboxylic acids is 1. The molecule has 10 heteroatoms. The molecule has 0 N–H and O–H groups in total. The first-order valence-corrected chi connectivity index (χ1v) is 8.26. The van der Waals surface area contributed by atoms with Gasteiger partial charge in [0.1, 0.15) is 5.82 Å². The van der Waals surface area contributed by atoms with E-state index in [4.69, 9.17) is 14.0 Å². The summed E-state index contributed by atoms with van der Waals surface area (Å²) in [6.45, 7) is -1.68. The molecule has 1 aromatic heterocycles. The first-order valence-electron chi connectivity index (χ1n) is 8.26. The molecule has 0 fully saturated rings. The van der Waals surface area contributed by atoms with Crippen molar-refractivity contribution >= 4 is 5.97 Å². The minimum atomic E-state index is -3.00. The number of carbonyl (C=O) groups is 1. The molecule has 0 saturated heterocycles. The minimum Gasteiger partial charge on any atom is -0.493 e. The van der Waals surface area contributed by atoms with Crippen molar-refractivity contribution in [2.75, 3.05) is 7.11 Å². The zero-order valence-electron chi connectivity index (χ0n) is 15.3. The van der Waals surface area contributed by atoms with Crippen LogP contribution in [0.3, 0.4) is 0 Å². The van der Waals surface area contributed by atoms with E-state index in [2.05, 4.69) is 14.9 Å². The van der Waals surface area contributed by atoms with E-state index in [1.54, 1.807) is 6.92 Å². The topological polar surface area (TPSA) is 83.7 Å². The van der Waals surface area contributed by atoms with Crippen LogP contribution >= 0.6 is 0 Å². The van der Waals surface area contributed by atoms with Crippen molar-refractivity contribution in [1.82, 2.24) is 10.1 Å². The van der Waals surface area contributed by atoms with Gasteiger partial charge in [0.05, 0.1) is 12.7 Å². The Morgan fingerprint density at radius 3 is 2.69 bits per heavy atom. The third-order valence-electron chi connectivity index (χ3n) is 3.85. The van der Waals surface area contributed by atoms with Gasteiger partial charge in [-0.05, 0) is 42.8 Å². The fraction of sp³-hybridized carbons (Fsp3) is 0.211. The van der Waals surface area contributed by atoms with E-state index in [-0.39, 0.29) is 35.4 Å². The number of aromatic nitrogens is 2. The summed E-state index contributed by atoms with van der Waals surface area (Å²) in [6, 6.07) is 7.90. The number of methoxy groups -OCH3 is 1.